The summed E-state index contributed by atoms with van der Waals surface area (Å²) in [6.07, 6.45) is 0.430. The van der Waals surface area contributed by atoms with E-state index in [4.69, 9.17) is 22.7 Å². The van der Waals surface area contributed by atoms with Crippen molar-refractivity contribution < 1.29 is 15.9 Å². The van der Waals surface area contributed by atoms with Crippen LogP contribution < -0.4 is 11.1 Å². The largest absolute Gasteiger partial charge is 0.343 e. The molecule has 0 spiro atoms. The summed E-state index contributed by atoms with van der Waals surface area (Å²) in [6.45, 7) is 13.6. The van der Waals surface area contributed by atoms with Crippen molar-refractivity contribution in [2.24, 2.45) is 10.2 Å². The van der Waals surface area contributed by atoms with Crippen molar-refractivity contribution >= 4 is 52.4 Å². The number of benzene rings is 4. The average Bonchev–Trinajstić information content (AvgIpc) is 2.99. The lowest BCUT2D eigenvalue weighted by molar-refractivity contribution is -0.211. The van der Waals surface area contributed by atoms with Gasteiger partial charge in [0.1, 0.15) is 11.4 Å². The van der Waals surface area contributed by atoms with E-state index in [0.717, 1.165) is 61.5 Å². The van der Waals surface area contributed by atoms with Crippen molar-refractivity contribution in [2.45, 2.75) is 67.5 Å². The van der Waals surface area contributed by atoms with Gasteiger partial charge in [-0.3, -0.25) is 4.79 Å². The average molecular weight is 634 g/mol. The molecule has 4 rings (SSSR count). The number of hydrogen-bond donors (Lipinski definition) is 2. The molecule has 4 aromatic rings. The Labute approximate surface area is 268 Å². The van der Waals surface area contributed by atoms with Crippen molar-refractivity contribution in [1.29, 1.82) is 0 Å². The topological polar surface area (TPSA) is 96.2 Å². The molecular formula is C34H40ClN5OS2+2. The summed E-state index contributed by atoms with van der Waals surface area (Å²) in [7, 11) is 0. The van der Waals surface area contributed by atoms with Crippen molar-refractivity contribution in [3.8, 4) is 0 Å². The Kier molecular flexibility index (Phi) is 13.0. The third kappa shape index (κ3) is 9.51. The minimum Gasteiger partial charge on any atom is -0.343 e. The third-order valence-corrected chi connectivity index (χ3v) is 9.65. The third-order valence-electron chi connectivity index (χ3n) is 6.96. The summed E-state index contributed by atoms with van der Waals surface area (Å²) in [5.41, 5.74) is 17.9. The SMILES string of the molecule is CCN(CC)C(=O)Cc1ccccc1Sc1cc(C)c(N=[NH2+])cc1C.Cc1cc(Sc2ccc(Cl)cc2)c(C)cc1N=[NH2+]. The number of nitrogens with two attached hydrogens (primary N) is 2. The number of carbonyl (C=O) groups excluding carboxylic acids is 1. The molecule has 0 aliphatic carbocycles. The van der Waals surface area contributed by atoms with E-state index in [1.54, 1.807) is 23.5 Å². The van der Waals surface area contributed by atoms with E-state index in [1.807, 2.05) is 87.2 Å². The summed E-state index contributed by atoms with van der Waals surface area (Å²) in [4.78, 5) is 19.0. The number of hydrogen-bond acceptors (Lipinski definition) is 5. The molecule has 4 N–H and O–H groups in total. The van der Waals surface area contributed by atoms with Gasteiger partial charge in [-0.15, -0.1) is 0 Å². The normalized spacial score (nSPS) is 10.5. The molecule has 43 heavy (non-hydrogen) atoms. The maximum absolute atomic E-state index is 12.5. The van der Waals surface area contributed by atoms with E-state index < -0.39 is 0 Å². The molecule has 0 saturated carbocycles. The Bertz CT molecular complexity index is 1590. The number of nitrogens with zero attached hydrogens (tertiary/aromatic N) is 3. The predicted molar refractivity (Wildman–Crippen MR) is 178 cm³/mol. The summed E-state index contributed by atoms with van der Waals surface area (Å²) in [5, 5.41) is 8.33. The molecule has 0 atom stereocenters. The standard InChI is InChI=1S/C20H25N3OS.C14H13ClN2S/c1-5-23(6-2)20(24)13-16-9-7-8-10-18(16)25-19-12-14(3)17(22-21)11-15(19)4;1-9-8-14(10(2)7-13(9)17-16)18-12-5-3-11(15)4-6-12/h7-12,21H,5-6,13H2,1-4H3;3-8,16H,1-2H3/p+2. The molecule has 0 unspecified atom stereocenters. The second-order valence-electron chi connectivity index (χ2n) is 10.1. The zero-order valence-corrected chi connectivity index (χ0v) is 28.0. The van der Waals surface area contributed by atoms with Crippen LogP contribution in [0.1, 0.15) is 41.7 Å². The lowest BCUT2D eigenvalue weighted by atomic mass is 10.1. The van der Waals surface area contributed by atoms with Gasteiger partial charge >= 0.3 is 0 Å². The van der Waals surface area contributed by atoms with Crippen LogP contribution in [0.3, 0.4) is 0 Å². The Balaban J connectivity index is 0.000000248. The number of amides is 1. The zero-order valence-electron chi connectivity index (χ0n) is 25.6. The molecule has 0 saturated heterocycles. The molecule has 9 heteroatoms. The van der Waals surface area contributed by atoms with Gasteiger partial charge in [0, 0.05) is 37.7 Å². The number of halogens is 1. The van der Waals surface area contributed by atoms with Crippen LogP contribution in [-0.2, 0) is 11.2 Å². The number of likely N-dealkylation sites (N-methyl/N-ethyl adjacent to an activating group) is 1. The molecule has 224 valence electrons. The second kappa shape index (κ2) is 16.4. The van der Waals surface area contributed by atoms with E-state index in [9.17, 15) is 4.79 Å². The molecule has 0 aliphatic heterocycles. The first-order chi connectivity index (χ1) is 20.6. The molecule has 1 amide bonds. The highest BCUT2D eigenvalue weighted by Gasteiger charge is 2.15. The minimum atomic E-state index is 0.170. The highest BCUT2D eigenvalue weighted by molar-refractivity contribution is 7.99. The molecule has 4 aromatic carbocycles. The van der Waals surface area contributed by atoms with E-state index in [1.165, 1.54) is 15.4 Å². The van der Waals surface area contributed by atoms with E-state index in [0.29, 0.717) is 6.42 Å². The van der Waals surface area contributed by atoms with Gasteiger partial charge in [-0.1, -0.05) is 53.3 Å². The Morgan fingerprint density at radius 2 is 1.23 bits per heavy atom. The monoisotopic (exact) mass is 633 g/mol. The summed E-state index contributed by atoms with van der Waals surface area (Å²) >= 11 is 9.28. The highest BCUT2D eigenvalue weighted by Crippen LogP contribution is 2.36. The Morgan fingerprint density at radius 3 is 1.74 bits per heavy atom. The Morgan fingerprint density at radius 1 is 0.721 bits per heavy atom. The van der Waals surface area contributed by atoms with E-state index in [2.05, 4.69) is 42.3 Å². The predicted octanol–water partition coefficient (Wildman–Crippen LogP) is 7.66. The molecule has 0 aromatic heterocycles. The van der Waals surface area contributed by atoms with Crippen molar-refractivity contribution in [3.05, 3.63) is 106 Å². The first kappa shape index (κ1) is 34.0. The van der Waals surface area contributed by atoms with Crippen LogP contribution in [0.2, 0.25) is 5.02 Å². The summed E-state index contributed by atoms with van der Waals surface area (Å²) in [6, 6.07) is 24.2. The highest BCUT2D eigenvalue weighted by atomic mass is 35.5. The molecule has 6 nitrogen and oxygen atoms in total. The first-order valence-electron chi connectivity index (χ1n) is 14.1. The second-order valence-corrected chi connectivity index (χ2v) is 12.7. The fourth-order valence-electron chi connectivity index (χ4n) is 4.40. The van der Waals surface area contributed by atoms with Crippen LogP contribution >= 0.6 is 35.1 Å². The lowest BCUT2D eigenvalue weighted by Gasteiger charge is -2.19. The van der Waals surface area contributed by atoms with Gasteiger partial charge < -0.3 is 4.90 Å². The molecule has 0 bridgehead atoms. The van der Waals surface area contributed by atoms with Crippen molar-refractivity contribution in [2.75, 3.05) is 13.1 Å². The molecule has 0 heterocycles. The number of aryl methyl sites for hydroxylation is 4. The fourth-order valence-corrected chi connectivity index (χ4v) is 6.61. The van der Waals surface area contributed by atoms with Crippen molar-refractivity contribution in [3.63, 3.8) is 0 Å². The maximum Gasteiger partial charge on any atom is 0.227 e. The smallest absolute Gasteiger partial charge is 0.227 e. The van der Waals surface area contributed by atoms with Gasteiger partial charge in [-0.05, 0) is 134 Å². The van der Waals surface area contributed by atoms with Crippen LogP contribution in [0.25, 0.3) is 0 Å². The fraction of sp³-hybridized carbons (Fsp3) is 0.265. The maximum atomic E-state index is 12.5. The van der Waals surface area contributed by atoms with E-state index >= 15 is 0 Å². The van der Waals surface area contributed by atoms with E-state index in [-0.39, 0.29) is 5.91 Å². The van der Waals surface area contributed by atoms with Gasteiger partial charge in [-0.25, -0.2) is 0 Å². The van der Waals surface area contributed by atoms with Crippen LogP contribution in [0.15, 0.2) is 103 Å². The molecular weight excluding hydrogens is 594 g/mol. The Hall–Kier alpha value is -3.46. The molecule has 0 radical (unpaired) electrons. The van der Waals surface area contributed by atoms with Gasteiger partial charge in [0.15, 0.2) is 0 Å². The lowest BCUT2D eigenvalue weighted by Crippen LogP contribution is -2.31. The first-order valence-corrected chi connectivity index (χ1v) is 16.1. The minimum absolute atomic E-state index is 0.170. The summed E-state index contributed by atoms with van der Waals surface area (Å²) in [5.74, 6) is 0.170. The van der Waals surface area contributed by atoms with Gasteiger partial charge in [0.2, 0.25) is 5.91 Å². The van der Waals surface area contributed by atoms with Crippen LogP contribution in [0.5, 0.6) is 0 Å². The van der Waals surface area contributed by atoms with Crippen LogP contribution in [0, 0.1) is 27.7 Å². The van der Waals surface area contributed by atoms with Gasteiger partial charge in [0.05, 0.1) is 6.42 Å². The van der Waals surface area contributed by atoms with Crippen LogP contribution in [0.4, 0.5) is 11.4 Å². The quantitative estimate of drug-likeness (QED) is 0.176. The summed E-state index contributed by atoms with van der Waals surface area (Å²) < 4.78 is 0. The molecule has 0 fully saturated rings. The van der Waals surface area contributed by atoms with Crippen LogP contribution in [-0.4, -0.2) is 23.9 Å². The number of rotatable bonds is 10. The van der Waals surface area contributed by atoms with Crippen molar-refractivity contribution in [1.82, 2.24) is 4.90 Å². The van der Waals surface area contributed by atoms with Gasteiger partial charge in [-0.2, -0.15) is 11.1 Å². The number of carbonyl (C=O) groups is 1. The van der Waals surface area contributed by atoms with Gasteiger partial charge in [0.25, 0.3) is 0 Å². The zero-order chi connectivity index (χ0) is 31.5. The molecule has 0 aliphatic rings.